The molecule has 0 saturated carbocycles. The Morgan fingerprint density at radius 1 is 0.865 bits per heavy atom. The number of halogens is 1. The van der Waals surface area contributed by atoms with Crippen LogP contribution in [0.5, 0.6) is 23.0 Å². The first-order chi connectivity index (χ1) is 17.0. The van der Waals surface area contributed by atoms with Crippen LogP contribution in [0.15, 0.2) is 30.3 Å². The summed E-state index contributed by atoms with van der Waals surface area (Å²) in [6.45, 7) is 4.73. The fourth-order valence-electron chi connectivity index (χ4n) is 5.35. The van der Waals surface area contributed by atoms with E-state index in [-0.39, 0.29) is 31.8 Å². The number of amides is 1. The van der Waals surface area contributed by atoms with Crippen LogP contribution in [0.3, 0.4) is 0 Å². The molecule has 1 atom stereocenters. The molecule has 4 rings (SSSR count). The number of fused-ring (bicyclic) bond motifs is 1. The van der Waals surface area contributed by atoms with Crippen LogP contribution in [-0.4, -0.2) is 76.9 Å². The highest BCUT2D eigenvalue weighted by Crippen LogP contribution is 2.33. The van der Waals surface area contributed by atoms with Gasteiger partial charge in [0.25, 0.3) is 0 Å². The first-order valence-corrected chi connectivity index (χ1v) is 12.5. The topological polar surface area (TPSA) is 60.5 Å². The molecule has 2 aliphatic heterocycles. The standard InChI is InChI=1S/C28H38N2O5.ClH.H2S/c1-32-24-8-7-20(14-25(24)33-2)9-12-29-11-5-6-21(18-29)19-30-13-10-22-15-26(34-3)27(35-4)16-23(22)17-28(30)31;;/h7-8,14-16,21H,5-6,9-13,17-19H2,1-4H3;1H;1H2. The average Bonchev–Trinajstić information content (AvgIpc) is 3.04. The summed E-state index contributed by atoms with van der Waals surface area (Å²) in [6.07, 6.45) is 4.58. The highest BCUT2D eigenvalue weighted by atomic mass is 35.5. The van der Waals surface area contributed by atoms with E-state index in [0.717, 1.165) is 68.4 Å². The van der Waals surface area contributed by atoms with Gasteiger partial charge >= 0.3 is 0 Å². The van der Waals surface area contributed by atoms with Crippen molar-refractivity contribution in [3.63, 3.8) is 0 Å². The first kappa shape index (κ1) is 30.9. The molecule has 0 radical (unpaired) electrons. The van der Waals surface area contributed by atoms with Gasteiger partial charge in [-0.1, -0.05) is 6.07 Å². The predicted octanol–water partition coefficient (Wildman–Crippen LogP) is 4.14. The van der Waals surface area contributed by atoms with E-state index in [1.54, 1.807) is 28.4 Å². The van der Waals surface area contributed by atoms with E-state index < -0.39 is 0 Å². The second-order valence-electron chi connectivity index (χ2n) is 9.49. The van der Waals surface area contributed by atoms with Gasteiger partial charge in [-0.3, -0.25) is 4.79 Å². The molecule has 2 heterocycles. The number of hydrogen-bond acceptors (Lipinski definition) is 6. The molecular weight excluding hydrogens is 512 g/mol. The van der Waals surface area contributed by atoms with Crippen LogP contribution in [0.1, 0.15) is 29.5 Å². The van der Waals surface area contributed by atoms with Crippen molar-refractivity contribution in [2.45, 2.75) is 32.1 Å². The number of rotatable bonds is 9. The van der Waals surface area contributed by atoms with E-state index in [1.807, 2.05) is 18.2 Å². The molecule has 206 valence electrons. The summed E-state index contributed by atoms with van der Waals surface area (Å²) in [5, 5.41) is 0. The zero-order chi connectivity index (χ0) is 24.8. The van der Waals surface area contributed by atoms with Crippen molar-refractivity contribution in [3.05, 3.63) is 47.0 Å². The molecule has 1 saturated heterocycles. The minimum Gasteiger partial charge on any atom is -0.493 e. The molecule has 0 aromatic heterocycles. The van der Waals surface area contributed by atoms with Gasteiger partial charge in [0.05, 0.1) is 34.9 Å². The maximum Gasteiger partial charge on any atom is 0.227 e. The molecule has 2 aliphatic rings. The smallest absolute Gasteiger partial charge is 0.227 e. The minimum atomic E-state index is 0. The van der Waals surface area contributed by atoms with Crippen molar-refractivity contribution in [1.82, 2.24) is 9.80 Å². The zero-order valence-corrected chi connectivity index (χ0v) is 24.2. The SMILES string of the molecule is COc1ccc(CCN2CCCC(CN3CCc4cc(OC)c(OC)cc4CC3=O)C2)cc1OC.Cl.S. The van der Waals surface area contributed by atoms with Crippen molar-refractivity contribution in [3.8, 4) is 23.0 Å². The quantitative estimate of drug-likeness (QED) is 0.466. The van der Waals surface area contributed by atoms with Gasteiger partial charge in [0.2, 0.25) is 5.91 Å². The lowest BCUT2D eigenvalue weighted by Gasteiger charge is -2.35. The Balaban J connectivity index is 0.00000241. The number of carbonyl (C=O) groups excluding carboxylic acids is 1. The van der Waals surface area contributed by atoms with Crippen LogP contribution < -0.4 is 18.9 Å². The Kier molecular flexibility index (Phi) is 12.2. The lowest BCUT2D eigenvalue weighted by atomic mass is 9.96. The normalized spacial score (nSPS) is 17.6. The van der Waals surface area contributed by atoms with Crippen LogP contribution in [0.4, 0.5) is 0 Å². The molecule has 1 amide bonds. The van der Waals surface area contributed by atoms with Crippen LogP contribution in [0.25, 0.3) is 0 Å². The Morgan fingerprint density at radius 3 is 2.19 bits per heavy atom. The second kappa shape index (κ2) is 14.6. The maximum atomic E-state index is 13.1. The predicted molar refractivity (Wildman–Crippen MR) is 154 cm³/mol. The molecule has 37 heavy (non-hydrogen) atoms. The largest absolute Gasteiger partial charge is 0.493 e. The second-order valence-corrected chi connectivity index (χ2v) is 9.49. The third kappa shape index (κ3) is 7.62. The molecule has 0 bridgehead atoms. The Hall–Kier alpha value is -2.29. The monoisotopic (exact) mass is 552 g/mol. The number of methoxy groups -OCH3 is 4. The number of likely N-dealkylation sites (tertiary alicyclic amines) is 1. The van der Waals surface area contributed by atoms with Crippen LogP contribution in [0, 0.1) is 5.92 Å². The summed E-state index contributed by atoms with van der Waals surface area (Å²) in [6, 6.07) is 10.1. The number of carbonyl (C=O) groups is 1. The fourth-order valence-corrected chi connectivity index (χ4v) is 5.35. The summed E-state index contributed by atoms with van der Waals surface area (Å²) < 4.78 is 21.7. The van der Waals surface area contributed by atoms with Crippen molar-refractivity contribution in [2.75, 3.05) is 61.2 Å². The lowest BCUT2D eigenvalue weighted by Crippen LogP contribution is -2.44. The van der Waals surface area contributed by atoms with Crippen LogP contribution in [-0.2, 0) is 24.1 Å². The van der Waals surface area contributed by atoms with E-state index in [4.69, 9.17) is 18.9 Å². The number of benzene rings is 2. The highest BCUT2D eigenvalue weighted by molar-refractivity contribution is 7.59. The third-order valence-corrected chi connectivity index (χ3v) is 7.30. The Labute approximate surface area is 234 Å². The molecule has 7 nitrogen and oxygen atoms in total. The van der Waals surface area contributed by atoms with Crippen molar-refractivity contribution < 1.29 is 23.7 Å². The van der Waals surface area contributed by atoms with Crippen molar-refractivity contribution in [2.24, 2.45) is 5.92 Å². The zero-order valence-electron chi connectivity index (χ0n) is 22.4. The molecule has 9 heteroatoms. The van der Waals surface area contributed by atoms with Gasteiger partial charge in [-0.05, 0) is 79.1 Å². The van der Waals surface area contributed by atoms with Gasteiger partial charge < -0.3 is 28.7 Å². The average molecular weight is 553 g/mol. The maximum absolute atomic E-state index is 13.1. The molecular formula is C28H41ClN2O5S. The van der Waals surface area contributed by atoms with Crippen molar-refractivity contribution in [1.29, 1.82) is 0 Å². The van der Waals surface area contributed by atoms with E-state index in [9.17, 15) is 4.79 Å². The van der Waals surface area contributed by atoms with Gasteiger partial charge in [0, 0.05) is 26.2 Å². The van der Waals surface area contributed by atoms with E-state index in [2.05, 4.69) is 21.9 Å². The van der Waals surface area contributed by atoms with Gasteiger partial charge in [0.1, 0.15) is 0 Å². The molecule has 0 N–H and O–H groups in total. The van der Waals surface area contributed by atoms with Crippen molar-refractivity contribution >= 4 is 31.8 Å². The number of piperidine rings is 1. The number of ether oxygens (including phenoxy) is 4. The summed E-state index contributed by atoms with van der Waals surface area (Å²) in [4.78, 5) is 17.7. The minimum absolute atomic E-state index is 0. The van der Waals surface area contributed by atoms with Crippen LogP contribution in [0.2, 0.25) is 0 Å². The van der Waals surface area contributed by atoms with Gasteiger partial charge in [-0.2, -0.15) is 13.5 Å². The molecule has 0 spiro atoms. The molecule has 2 aromatic rings. The number of hydrogen-bond donors (Lipinski definition) is 0. The first-order valence-electron chi connectivity index (χ1n) is 12.5. The van der Waals surface area contributed by atoms with Gasteiger partial charge in [-0.15, -0.1) is 12.4 Å². The highest BCUT2D eigenvalue weighted by Gasteiger charge is 2.27. The molecule has 1 unspecified atom stereocenters. The number of nitrogens with zero attached hydrogens (tertiary/aromatic N) is 2. The third-order valence-electron chi connectivity index (χ3n) is 7.30. The fraction of sp³-hybridized carbons (Fsp3) is 0.536. The summed E-state index contributed by atoms with van der Waals surface area (Å²) >= 11 is 0. The van der Waals surface area contributed by atoms with Gasteiger partial charge in [0.15, 0.2) is 23.0 Å². The molecule has 2 aromatic carbocycles. The summed E-state index contributed by atoms with van der Waals surface area (Å²) in [5.74, 6) is 3.66. The Bertz CT molecular complexity index is 1040. The molecule has 0 aliphatic carbocycles. The molecule has 1 fully saturated rings. The van der Waals surface area contributed by atoms with Gasteiger partial charge in [-0.25, -0.2) is 0 Å². The lowest BCUT2D eigenvalue weighted by molar-refractivity contribution is -0.131. The van der Waals surface area contributed by atoms with E-state index in [1.165, 1.54) is 24.0 Å². The van der Waals surface area contributed by atoms with Crippen LogP contribution >= 0.6 is 25.9 Å². The Morgan fingerprint density at radius 2 is 1.51 bits per heavy atom. The van der Waals surface area contributed by atoms with E-state index in [0.29, 0.717) is 18.1 Å². The van der Waals surface area contributed by atoms with E-state index >= 15 is 0 Å². The summed E-state index contributed by atoms with van der Waals surface area (Å²) in [5.41, 5.74) is 3.48. The summed E-state index contributed by atoms with van der Waals surface area (Å²) in [7, 11) is 6.62.